The highest BCUT2D eigenvalue weighted by Crippen LogP contribution is 2.22. The molecule has 152 valence electrons. The molecule has 8 nitrogen and oxygen atoms in total. The highest BCUT2D eigenvalue weighted by atomic mass is 32.2. The van der Waals surface area contributed by atoms with Crippen LogP contribution in [0.15, 0.2) is 58.4 Å². The first kappa shape index (κ1) is 20.5. The van der Waals surface area contributed by atoms with E-state index in [4.69, 9.17) is 4.74 Å². The van der Waals surface area contributed by atoms with Gasteiger partial charge in [-0.3, -0.25) is 14.5 Å². The van der Waals surface area contributed by atoms with Gasteiger partial charge in [0.05, 0.1) is 16.6 Å². The van der Waals surface area contributed by atoms with E-state index < -0.39 is 27.9 Å². The molecular weight excluding hydrogens is 394 g/mol. The number of sulfonamides is 1. The summed E-state index contributed by atoms with van der Waals surface area (Å²) in [5.41, 5.74) is 1.29. The molecule has 0 saturated heterocycles. The maximum absolute atomic E-state index is 12.5. The fraction of sp³-hybridized carbons (Fsp3) is 0.250. The number of rotatable bonds is 5. The quantitative estimate of drug-likeness (QED) is 0.728. The van der Waals surface area contributed by atoms with Gasteiger partial charge in [-0.15, -0.1) is 0 Å². The summed E-state index contributed by atoms with van der Waals surface area (Å²) in [7, 11) is -3.66. The van der Waals surface area contributed by atoms with Crippen molar-refractivity contribution < 1.29 is 22.7 Å². The van der Waals surface area contributed by atoms with Crippen LogP contribution in [0.2, 0.25) is 0 Å². The summed E-state index contributed by atoms with van der Waals surface area (Å²) in [6, 6.07) is 11.9. The van der Waals surface area contributed by atoms with Crippen molar-refractivity contribution in [1.29, 1.82) is 0 Å². The van der Waals surface area contributed by atoms with E-state index in [2.05, 4.69) is 15.0 Å². The predicted octanol–water partition coefficient (Wildman–Crippen LogP) is 2.32. The molecule has 0 bridgehead atoms. The first-order chi connectivity index (χ1) is 13.7. The Morgan fingerprint density at radius 1 is 1.03 bits per heavy atom. The van der Waals surface area contributed by atoms with Crippen molar-refractivity contribution in [3.8, 4) is 0 Å². The topological polar surface area (TPSA) is 114 Å². The van der Waals surface area contributed by atoms with Crippen LogP contribution in [-0.2, 0) is 19.6 Å². The first-order valence-electron chi connectivity index (χ1n) is 8.99. The van der Waals surface area contributed by atoms with Gasteiger partial charge in [-0.2, -0.15) is 0 Å². The Hall–Kier alpha value is -3.20. The molecule has 1 atom stereocenters. The number of benzene rings is 2. The van der Waals surface area contributed by atoms with E-state index in [1.54, 1.807) is 63.2 Å². The number of ether oxygens (including phenoxy) is 1. The van der Waals surface area contributed by atoms with Crippen LogP contribution in [0, 0.1) is 0 Å². The molecule has 2 aromatic carbocycles. The lowest BCUT2D eigenvalue weighted by molar-refractivity contribution is -0.117. The molecule has 1 heterocycles. The lowest BCUT2D eigenvalue weighted by Gasteiger charge is -2.11. The molecule has 9 heteroatoms. The van der Waals surface area contributed by atoms with E-state index in [0.29, 0.717) is 16.8 Å². The molecule has 1 amide bonds. The summed E-state index contributed by atoms with van der Waals surface area (Å²) in [5, 5.41) is 2.69. The van der Waals surface area contributed by atoms with E-state index >= 15 is 0 Å². The van der Waals surface area contributed by atoms with Crippen molar-refractivity contribution in [3.63, 3.8) is 0 Å². The number of esters is 1. The van der Waals surface area contributed by atoms with Crippen molar-refractivity contribution in [2.75, 3.05) is 5.32 Å². The number of hydrogen-bond acceptors (Lipinski definition) is 6. The van der Waals surface area contributed by atoms with Gasteiger partial charge in [-0.25, -0.2) is 13.2 Å². The second kappa shape index (κ2) is 8.04. The van der Waals surface area contributed by atoms with Gasteiger partial charge in [0.2, 0.25) is 5.91 Å². The molecule has 2 aromatic rings. The smallest absolute Gasteiger partial charge is 0.338 e. The van der Waals surface area contributed by atoms with Crippen LogP contribution in [-0.4, -0.2) is 38.3 Å². The minimum absolute atomic E-state index is 0.134. The molecule has 0 saturated carbocycles. The van der Waals surface area contributed by atoms with Gasteiger partial charge in [0.1, 0.15) is 11.9 Å². The van der Waals surface area contributed by atoms with Gasteiger partial charge in [0.25, 0.3) is 10.0 Å². The van der Waals surface area contributed by atoms with Crippen molar-refractivity contribution >= 4 is 33.4 Å². The number of nitrogens with one attached hydrogen (secondary N) is 2. The van der Waals surface area contributed by atoms with Gasteiger partial charge in [-0.1, -0.05) is 12.1 Å². The Bertz CT molecular complexity index is 1080. The molecule has 2 N–H and O–H groups in total. The molecular formula is C20H21N3O5S. The summed E-state index contributed by atoms with van der Waals surface area (Å²) in [5.74, 6) is -0.724. The van der Waals surface area contributed by atoms with Crippen LogP contribution >= 0.6 is 0 Å². The summed E-state index contributed by atoms with van der Waals surface area (Å²) in [6.07, 6.45) is -0.222. The zero-order chi connectivity index (χ0) is 21.2. The number of nitrogens with zero attached hydrogens (tertiary/aromatic N) is 1. The highest BCUT2D eigenvalue weighted by molar-refractivity contribution is 7.90. The Morgan fingerprint density at radius 3 is 2.34 bits per heavy atom. The lowest BCUT2D eigenvalue weighted by atomic mass is 10.2. The van der Waals surface area contributed by atoms with Crippen molar-refractivity contribution in [2.24, 2.45) is 4.99 Å². The fourth-order valence-electron chi connectivity index (χ4n) is 2.70. The van der Waals surface area contributed by atoms with E-state index in [0.717, 1.165) is 0 Å². The molecule has 29 heavy (non-hydrogen) atoms. The van der Waals surface area contributed by atoms with Crippen molar-refractivity contribution in [3.05, 3.63) is 59.7 Å². The van der Waals surface area contributed by atoms with E-state index in [9.17, 15) is 18.0 Å². The Kier molecular flexibility index (Phi) is 5.69. The maximum atomic E-state index is 12.5. The fourth-order valence-corrected chi connectivity index (χ4v) is 3.94. The third-order valence-electron chi connectivity index (χ3n) is 4.10. The largest absolute Gasteiger partial charge is 0.459 e. The molecule has 1 aliphatic heterocycles. The van der Waals surface area contributed by atoms with Gasteiger partial charge >= 0.3 is 5.97 Å². The molecule has 0 fully saturated rings. The Labute approximate surface area is 169 Å². The maximum Gasteiger partial charge on any atom is 0.338 e. The van der Waals surface area contributed by atoms with E-state index in [1.807, 2.05) is 0 Å². The lowest BCUT2D eigenvalue weighted by Crippen LogP contribution is -2.28. The average molecular weight is 415 g/mol. The van der Waals surface area contributed by atoms with Gasteiger partial charge < -0.3 is 10.1 Å². The zero-order valence-electron chi connectivity index (χ0n) is 16.2. The second-order valence-corrected chi connectivity index (χ2v) is 8.43. The highest BCUT2D eigenvalue weighted by Gasteiger charge is 2.31. The van der Waals surface area contributed by atoms with Crippen LogP contribution in [0.25, 0.3) is 0 Å². The number of fused-ring (bicyclic) bond motifs is 1. The Balaban J connectivity index is 1.70. The Morgan fingerprint density at radius 2 is 1.69 bits per heavy atom. The minimum atomic E-state index is -3.66. The number of aliphatic imine (C=N–C) groups is 1. The molecule has 3 rings (SSSR count). The van der Waals surface area contributed by atoms with Crippen LogP contribution in [0.5, 0.6) is 0 Å². The summed E-state index contributed by atoms with van der Waals surface area (Å²) >= 11 is 0. The van der Waals surface area contributed by atoms with Crippen LogP contribution in [0.4, 0.5) is 5.69 Å². The zero-order valence-corrected chi connectivity index (χ0v) is 17.0. The number of hydrogen-bond donors (Lipinski definition) is 2. The molecule has 0 spiro atoms. The molecule has 0 radical (unpaired) electrons. The van der Waals surface area contributed by atoms with Crippen molar-refractivity contribution in [1.82, 2.24) is 4.72 Å². The normalized spacial score (nSPS) is 16.8. The summed E-state index contributed by atoms with van der Waals surface area (Å²) in [6.45, 7) is 5.09. The SMILES string of the molecule is CC(C)OC(=O)c1ccc(NC(=O)C(C)N=C2NS(=O)(=O)c3ccccc32)cc1. The standard InChI is InChI=1S/C20H21N3O5S/c1-12(2)28-20(25)14-8-10-15(11-9-14)22-19(24)13(3)21-18-16-6-4-5-7-17(16)29(26,27)23-18/h4-13H,1-3H3,(H,21,23)(H,22,24). The number of carbonyl (C=O) groups is 2. The number of amides is 1. The van der Waals surface area contributed by atoms with Crippen LogP contribution < -0.4 is 10.0 Å². The van der Waals surface area contributed by atoms with Crippen LogP contribution in [0.3, 0.4) is 0 Å². The van der Waals surface area contributed by atoms with Crippen LogP contribution in [0.1, 0.15) is 36.7 Å². The van der Waals surface area contributed by atoms with E-state index in [1.165, 1.54) is 6.07 Å². The molecule has 1 aliphatic rings. The predicted molar refractivity (Wildman–Crippen MR) is 108 cm³/mol. The molecule has 1 unspecified atom stereocenters. The average Bonchev–Trinajstić information content (AvgIpc) is 2.92. The number of anilines is 1. The second-order valence-electron chi connectivity index (χ2n) is 6.78. The van der Waals surface area contributed by atoms with Gasteiger partial charge in [0.15, 0.2) is 0 Å². The van der Waals surface area contributed by atoms with E-state index in [-0.39, 0.29) is 16.8 Å². The summed E-state index contributed by atoms with van der Waals surface area (Å²) in [4.78, 5) is 28.7. The number of carbonyl (C=O) groups excluding carboxylic acids is 2. The monoisotopic (exact) mass is 415 g/mol. The van der Waals surface area contributed by atoms with Crippen molar-refractivity contribution in [2.45, 2.75) is 37.8 Å². The molecule has 0 aliphatic carbocycles. The molecule has 0 aromatic heterocycles. The third-order valence-corrected chi connectivity index (χ3v) is 5.49. The first-order valence-corrected chi connectivity index (χ1v) is 10.5. The minimum Gasteiger partial charge on any atom is -0.459 e. The number of amidine groups is 1. The third kappa shape index (κ3) is 4.62. The van der Waals surface area contributed by atoms with Gasteiger partial charge in [0, 0.05) is 11.3 Å². The summed E-state index contributed by atoms with van der Waals surface area (Å²) < 4.78 is 31.7. The van der Waals surface area contributed by atoms with Gasteiger partial charge in [-0.05, 0) is 57.2 Å².